The maximum absolute atomic E-state index is 11.3. The minimum atomic E-state index is -2.05. The molecular weight excluding hydrogens is 202 g/mol. The summed E-state index contributed by atoms with van der Waals surface area (Å²) in [6, 6.07) is -1.31. The third-order valence-electron chi connectivity index (χ3n) is 1.32. The molecule has 0 aliphatic carbocycles. The Hall–Kier alpha value is -1.17. The molecule has 0 aliphatic heterocycles. The summed E-state index contributed by atoms with van der Waals surface area (Å²) in [6.07, 6.45) is 1.36. The van der Waals surface area contributed by atoms with Crippen LogP contribution in [0.25, 0.3) is 0 Å². The zero-order valence-corrected chi connectivity index (χ0v) is 9.65. The highest BCUT2D eigenvalue weighted by molar-refractivity contribution is 6.71. The van der Waals surface area contributed by atoms with Crippen molar-refractivity contribution >= 4 is 14.3 Å². The Kier molecular flexibility index (Phi) is 4.49. The van der Waals surface area contributed by atoms with E-state index in [4.69, 9.17) is 4.43 Å². The van der Waals surface area contributed by atoms with Gasteiger partial charge < -0.3 is 4.43 Å². The van der Waals surface area contributed by atoms with Crippen molar-refractivity contribution in [3.05, 3.63) is 22.8 Å². The van der Waals surface area contributed by atoms with Crippen molar-refractivity contribution in [2.45, 2.75) is 32.1 Å². The Labute approximate surface area is 84.0 Å². The molecule has 0 aromatic heterocycles. The molecule has 0 aromatic rings. The molecule has 6 heteroatoms. The second kappa shape index (κ2) is 4.90. The Morgan fingerprint density at radius 3 is 2.43 bits per heavy atom. The quantitative estimate of drug-likeness (QED) is 0.303. The van der Waals surface area contributed by atoms with Gasteiger partial charge in [0.15, 0.2) is 0 Å². The molecule has 0 amide bonds. The molecule has 0 N–H and O–H groups in total. The van der Waals surface area contributed by atoms with Gasteiger partial charge in [-0.2, -0.15) is 0 Å². The minimum Gasteiger partial charge on any atom is -0.515 e. The molecule has 0 saturated carbocycles. The monoisotopic (exact) mass is 217 g/mol. The van der Waals surface area contributed by atoms with Crippen LogP contribution in [0.5, 0.6) is 0 Å². The molecule has 1 atom stereocenters. The number of hydrogen-bond acceptors (Lipinski definition) is 4. The highest BCUT2D eigenvalue weighted by atomic mass is 28.4. The van der Waals surface area contributed by atoms with Gasteiger partial charge in [-0.3, -0.25) is 10.1 Å². The van der Waals surface area contributed by atoms with Crippen LogP contribution in [-0.4, -0.2) is 25.3 Å². The topological polar surface area (TPSA) is 69.4 Å². The van der Waals surface area contributed by atoms with Gasteiger partial charge in [0, 0.05) is 11.3 Å². The van der Waals surface area contributed by atoms with E-state index in [0.717, 1.165) is 0 Å². The Balaban J connectivity index is 4.45. The molecule has 0 aliphatic rings. The Morgan fingerprint density at radius 2 is 2.14 bits per heavy atom. The summed E-state index contributed by atoms with van der Waals surface area (Å²) >= 11 is 0. The standard InChI is InChI=1S/C8H15NO4Si/c1-5-6-7(9(11)12)8(10)13-14(2,3)4/h5,7H,1,6H2,2-4H3. The molecule has 0 spiro atoms. The summed E-state index contributed by atoms with van der Waals surface area (Å²) in [6.45, 7) is 8.77. The summed E-state index contributed by atoms with van der Waals surface area (Å²) in [5, 5.41) is 10.5. The van der Waals surface area contributed by atoms with E-state index in [0.29, 0.717) is 0 Å². The first-order valence-electron chi connectivity index (χ1n) is 4.25. The molecule has 0 aromatic carbocycles. The van der Waals surface area contributed by atoms with Crippen LogP contribution in [0.15, 0.2) is 12.7 Å². The van der Waals surface area contributed by atoms with Gasteiger partial charge in [-0.25, -0.2) is 4.79 Å². The summed E-state index contributed by atoms with van der Waals surface area (Å²) in [4.78, 5) is 21.2. The third-order valence-corrected chi connectivity index (χ3v) is 2.14. The second-order valence-electron chi connectivity index (χ2n) is 3.86. The predicted octanol–water partition coefficient (Wildman–Crippen LogP) is 1.59. The lowest BCUT2D eigenvalue weighted by atomic mass is 10.2. The summed E-state index contributed by atoms with van der Waals surface area (Å²) in [5.41, 5.74) is 0. The summed E-state index contributed by atoms with van der Waals surface area (Å²) in [7, 11) is -2.05. The van der Waals surface area contributed by atoms with Crippen LogP contribution >= 0.6 is 0 Å². The number of carbonyl (C=O) groups excluding carboxylic acids is 1. The van der Waals surface area contributed by atoms with E-state index in [9.17, 15) is 14.9 Å². The van der Waals surface area contributed by atoms with Gasteiger partial charge in [-0.15, -0.1) is 6.58 Å². The molecule has 0 rings (SSSR count). The molecule has 1 unspecified atom stereocenters. The van der Waals surface area contributed by atoms with E-state index in [1.54, 1.807) is 19.6 Å². The first kappa shape index (κ1) is 12.8. The van der Waals surface area contributed by atoms with E-state index < -0.39 is 25.3 Å². The molecule has 0 bridgehead atoms. The fourth-order valence-corrected chi connectivity index (χ4v) is 1.54. The molecule has 0 heterocycles. The van der Waals surface area contributed by atoms with Crippen LogP contribution in [0.1, 0.15) is 6.42 Å². The average Bonchev–Trinajstić information content (AvgIpc) is 1.95. The van der Waals surface area contributed by atoms with Crippen LogP contribution in [0, 0.1) is 10.1 Å². The van der Waals surface area contributed by atoms with Gasteiger partial charge >= 0.3 is 12.0 Å². The van der Waals surface area contributed by atoms with Crippen LogP contribution in [0.2, 0.25) is 19.6 Å². The predicted molar refractivity (Wildman–Crippen MR) is 55.0 cm³/mol. The number of rotatable bonds is 5. The number of hydrogen-bond donors (Lipinski definition) is 0. The fourth-order valence-electron chi connectivity index (χ4n) is 0.796. The number of nitro groups is 1. The van der Waals surface area contributed by atoms with E-state index in [1.807, 2.05) is 0 Å². The highest BCUT2D eigenvalue weighted by Gasteiger charge is 2.33. The van der Waals surface area contributed by atoms with Crippen molar-refractivity contribution < 1.29 is 14.1 Å². The normalized spacial score (nSPS) is 13.1. The lowest BCUT2D eigenvalue weighted by Crippen LogP contribution is -2.38. The van der Waals surface area contributed by atoms with Crippen LogP contribution in [-0.2, 0) is 9.22 Å². The molecule has 0 fully saturated rings. The van der Waals surface area contributed by atoms with Gasteiger partial charge in [0.1, 0.15) is 0 Å². The van der Waals surface area contributed by atoms with Gasteiger partial charge in [0.05, 0.1) is 0 Å². The highest BCUT2D eigenvalue weighted by Crippen LogP contribution is 2.08. The van der Waals surface area contributed by atoms with Gasteiger partial charge in [-0.05, 0) is 19.6 Å². The molecule has 5 nitrogen and oxygen atoms in total. The zero-order chi connectivity index (χ0) is 11.4. The molecule has 14 heavy (non-hydrogen) atoms. The average molecular weight is 217 g/mol. The largest absolute Gasteiger partial charge is 0.515 e. The van der Waals surface area contributed by atoms with Crippen LogP contribution in [0.3, 0.4) is 0 Å². The van der Waals surface area contributed by atoms with Crippen molar-refractivity contribution in [2.75, 3.05) is 0 Å². The van der Waals surface area contributed by atoms with E-state index in [1.165, 1.54) is 6.08 Å². The lowest BCUT2D eigenvalue weighted by molar-refractivity contribution is -0.508. The summed E-state index contributed by atoms with van der Waals surface area (Å²) in [5.74, 6) is -0.755. The fraction of sp³-hybridized carbons (Fsp3) is 0.625. The molecule has 80 valence electrons. The first-order chi connectivity index (χ1) is 6.28. The molecule has 0 radical (unpaired) electrons. The van der Waals surface area contributed by atoms with Crippen molar-refractivity contribution in [1.29, 1.82) is 0 Å². The second-order valence-corrected chi connectivity index (χ2v) is 8.29. The summed E-state index contributed by atoms with van der Waals surface area (Å²) < 4.78 is 5.02. The number of nitrogens with zero attached hydrogens (tertiary/aromatic N) is 1. The maximum atomic E-state index is 11.3. The van der Waals surface area contributed by atoms with Gasteiger partial charge in [-0.1, -0.05) is 6.08 Å². The zero-order valence-electron chi connectivity index (χ0n) is 8.65. The van der Waals surface area contributed by atoms with Gasteiger partial charge in [0.2, 0.25) is 8.32 Å². The smallest absolute Gasteiger partial charge is 0.368 e. The number of carbonyl (C=O) groups is 1. The van der Waals surface area contributed by atoms with Crippen LogP contribution in [0.4, 0.5) is 0 Å². The van der Waals surface area contributed by atoms with Crippen molar-refractivity contribution in [2.24, 2.45) is 0 Å². The van der Waals surface area contributed by atoms with E-state index in [2.05, 4.69) is 6.58 Å². The lowest BCUT2D eigenvalue weighted by Gasteiger charge is -2.18. The van der Waals surface area contributed by atoms with Gasteiger partial charge in [0.25, 0.3) is 0 Å². The van der Waals surface area contributed by atoms with Crippen molar-refractivity contribution in [1.82, 2.24) is 0 Å². The molecule has 0 saturated heterocycles. The SMILES string of the molecule is C=CCC(C(=O)O[Si](C)(C)C)[N+](=O)[O-]. The first-order valence-corrected chi connectivity index (χ1v) is 7.66. The van der Waals surface area contributed by atoms with Crippen molar-refractivity contribution in [3.63, 3.8) is 0 Å². The minimum absolute atomic E-state index is 0.0102. The molecular formula is C8H15NO4Si. The van der Waals surface area contributed by atoms with E-state index >= 15 is 0 Å². The van der Waals surface area contributed by atoms with E-state index in [-0.39, 0.29) is 6.42 Å². The Bertz CT molecular complexity index is 246. The maximum Gasteiger partial charge on any atom is 0.368 e. The Morgan fingerprint density at radius 1 is 1.64 bits per heavy atom. The third kappa shape index (κ3) is 4.76. The van der Waals surface area contributed by atoms with Crippen molar-refractivity contribution in [3.8, 4) is 0 Å². The van der Waals surface area contributed by atoms with Crippen LogP contribution < -0.4 is 0 Å².